The van der Waals surface area contributed by atoms with Crippen molar-refractivity contribution in [1.82, 2.24) is 10.3 Å². The van der Waals surface area contributed by atoms with Crippen LogP contribution in [-0.2, 0) is 0 Å². The third-order valence-electron chi connectivity index (χ3n) is 4.08. The minimum Gasteiger partial charge on any atom is -0.363 e. The van der Waals surface area contributed by atoms with Gasteiger partial charge in [-0.15, -0.1) is 0 Å². The van der Waals surface area contributed by atoms with Crippen LogP contribution in [-0.4, -0.2) is 25.0 Å². The number of hydrogen-bond donors (Lipinski definition) is 1. The van der Waals surface area contributed by atoms with E-state index in [9.17, 15) is 9.18 Å². The zero-order valence-corrected chi connectivity index (χ0v) is 14.7. The number of amides is 1. The summed E-state index contributed by atoms with van der Waals surface area (Å²) in [6, 6.07) is 18.9. The van der Waals surface area contributed by atoms with Crippen LogP contribution in [0.2, 0.25) is 0 Å². The van der Waals surface area contributed by atoms with Crippen LogP contribution in [0.4, 0.5) is 10.2 Å². The SMILES string of the molecule is CN(C)c1ccc(C(=O)NC(c2ccccc2)c2ccc(F)cc2)cn1. The van der Waals surface area contributed by atoms with Crippen molar-refractivity contribution in [3.8, 4) is 0 Å². The van der Waals surface area contributed by atoms with Gasteiger partial charge in [0.1, 0.15) is 11.6 Å². The van der Waals surface area contributed by atoms with E-state index in [2.05, 4.69) is 10.3 Å². The van der Waals surface area contributed by atoms with E-state index in [1.165, 1.54) is 12.1 Å². The van der Waals surface area contributed by atoms with Gasteiger partial charge in [-0.05, 0) is 35.4 Å². The molecule has 0 fully saturated rings. The van der Waals surface area contributed by atoms with Crippen molar-refractivity contribution in [3.05, 3.63) is 95.4 Å². The molecule has 0 saturated carbocycles. The lowest BCUT2D eigenvalue weighted by Gasteiger charge is -2.20. The Morgan fingerprint density at radius 3 is 2.19 bits per heavy atom. The molecule has 0 spiro atoms. The summed E-state index contributed by atoms with van der Waals surface area (Å²) in [4.78, 5) is 18.9. The number of nitrogens with zero attached hydrogens (tertiary/aromatic N) is 2. The lowest BCUT2D eigenvalue weighted by Crippen LogP contribution is -2.29. The Kier molecular flexibility index (Phi) is 5.27. The maximum Gasteiger partial charge on any atom is 0.253 e. The number of pyridine rings is 1. The van der Waals surface area contributed by atoms with Gasteiger partial charge in [0, 0.05) is 20.3 Å². The molecule has 26 heavy (non-hydrogen) atoms. The average Bonchev–Trinajstić information content (AvgIpc) is 2.67. The van der Waals surface area contributed by atoms with Crippen molar-refractivity contribution < 1.29 is 9.18 Å². The van der Waals surface area contributed by atoms with Crippen LogP contribution in [0.1, 0.15) is 27.5 Å². The highest BCUT2D eigenvalue weighted by Gasteiger charge is 2.18. The number of benzene rings is 2. The highest BCUT2D eigenvalue weighted by molar-refractivity contribution is 5.94. The second-order valence-corrected chi connectivity index (χ2v) is 6.17. The van der Waals surface area contributed by atoms with Crippen molar-refractivity contribution >= 4 is 11.7 Å². The first-order valence-corrected chi connectivity index (χ1v) is 8.29. The largest absolute Gasteiger partial charge is 0.363 e. The number of carbonyl (C=O) groups excluding carboxylic acids is 1. The minimum atomic E-state index is -0.377. The fourth-order valence-electron chi connectivity index (χ4n) is 2.66. The predicted molar refractivity (Wildman–Crippen MR) is 101 cm³/mol. The first kappa shape index (κ1) is 17.6. The molecule has 1 N–H and O–H groups in total. The summed E-state index contributed by atoms with van der Waals surface area (Å²) in [7, 11) is 3.78. The van der Waals surface area contributed by atoms with Gasteiger partial charge in [-0.3, -0.25) is 4.79 Å². The maximum atomic E-state index is 13.3. The molecule has 0 radical (unpaired) electrons. The quantitative estimate of drug-likeness (QED) is 0.762. The third-order valence-corrected chi connectivity index (χ3v) is 4.08. The van der Waals surface area contributed by atoms with Gasteiger partial charge >= 0.3 is 0 Å². The summed E-state index contributed by atoms with van der Waals surface area (Å²) in [5, 5.41) is 3.02. The Morgan fingerprint density at radius 2 is 1.62 bits per heavy atom. The van der Waals surface area contributed by atoms with E-state index in [1.54, 1.807) is 30.5 Å². The molecule has 0 bridgehead atoms. The lowest BCUT2D eigenvalue weighted by molar-refractivity contribution is 0.0942. The molecular formula is C21H20FN3O. The highest BCUT2D eigenvalue weighted by Crippen LogP contribution is 2.23. The fraction of sp³-hybridized carbons (Fsp3) is 0.143. The Labute approximate surface area is 152 Å². The first-order chi connectivity index (χ1) is 12.5. The highest BCUT2D eigenvalue weighted by atomic mass is 19.1. The average molecular weight is 349 g/mol. The number of hydrogen-bond acceptors (Lipinski definition) is 3. The third kappa shape index (κ3) is 4.06. The number of nitrogens with one attached hydrogen (secondary N) is 1. The summed E-state index contributed by atoms with van der Waals surface area (Å²) in [6.45, 7) is 0. The van der Waals surface area contributed by atoms with Crippen molar-refractivity contribution in [1.29, 1.82) is 0 Å². The zero-order chi connectivity index (χ0) is 18.5. The molecule has 5 heteroatoms. The number of aromatic nitrogens is 1. The molecule has 3 rings (SSSR count). The number of anilines is 1. The molecule has 1 heterocycles. The summed E-state index contributed by atoms with van der Waals surface area (Å²) in [6.07, 6.45) is 1.55. The van der Waals surface area contributed by atoms with Gasteiger partial charge in [0.25, 0.3) is 5.91 Å². The molecule has 4 nitrogen and oxygen atoms in total. The predicted octanol–water partition coefficient (Wildman–Crippen LogP) is 3.81. The molecule has 0 saturated heterocycles. The second-order valence-electron chi connectivity index (χ2n) is 6.17. The fourth-order valence-corrected chi connectivity index (χ4v) is 2.66. The van der Waals surface area contributed by atoms with Gasteiger partial charge in [-0.1, -0.05) is 42.5 Å². The van der Waals surface area contributed by atoms with Gasteiger partial charge < -0.3 is 10.2 Å². The molecular weight excluding hydrogens is 329 g/mol. The number of carbonyl (C=O) groups is 1. The van der Waals surface area contributed by atoms with Gasteiger partial charge in [0.05, 0.1) is 11.6 Å². The van der Waals surface area contributed by atoms with Crippen molar-refractivity contribution in [2.75, 3.05) is 19.0 Å². The molecule has 0 aliphatic carbocycles. The standard InChI is InChI=1S/C21H20FN3O/c1-25(2)19-13-10-17(14-23-19)21(26)24-20(15-6-4-3-5-7-15)16-8-11-18(22)12-9-16/h3-14,20H,1-2H3,(H,24,26). The Bertz CT molecular complexity index is 862. The van der Waals surface area contributed by atoms with Gasteiger partial charge in [0.15, 0.2) is 0 Å². The van der Waals surface area contributed by atoms with Crippen LogP contribution in [0.5, 0.6) is 0 Å². The van der Waals surface area contributed by atoms with Crippen LogP contribution >= 0.6 is 0 Å². The van der Waals surface area contributed by atoms with E-state index in [-0.39, 0.29) is 17.8 Å². The van der Waals surface area contributed by atoms with Crippen LogP contribution in [0.3, 0.4) is 0 Å². The summed E-state index contributed by atoms with van der Waals surface area (Å²) in [5.41, 5.74) is 2.20. The molecule has 1 amide bonds. The molecule has 2 aromatic carbocycles. The van der Waals surface area contributed by atoms with E-state index >= 15 is 0 Å². The molecule has 1 aromatic heterocycles. The van der Waals surface area contributed by atoms with Crippen LogP contribution in [0.15, 0.2) is 72.9 Å². The maximum absolute atomic E-state index is 13.3. The van der Waals surface area contributed by atoms with Crippen molar-refractivity contribution in [2.45, 2.75) is 6.04 Å². The summed E-state index contributed by atoms with van der Waals surface area (Å²) < 4.78 is 13.3. The van der Waals surface area contributed by atoms with E-state index in [0.717, 1.165) is 16.9 Å². The van der Waals surface area contributed by atoms with Crippen LogP contribution in [0, 0.1) is 5.82 Å². The minimum absolute atomic E-state index is 0.235. The molecule has 132 valence electrons. The van der Waals surface area contributed by atoms with Gasteiger partial charge in [0.2, 0.25) is 0 Å². The molecule has 0 aliphatic rings. The number of halogens is 1. The topological polar surface area (TPSA) is 45.2 Å². The molecule has 1 atom stereocenters. The van der Waals surface area contributed by atoms with Gasteiger partial charge in [-0.2, -0.15) is 0 Å². The van der Waals surface area contributed by atoms with Crippen LogP contribution < -0.4 is 10.2 Å². The Hall–Kier alpha value is -3.21. The van der Waals surface area contributed by atoms with Crippen molar-refractivity contribution in [3.63, 3.8) is 0 Å². The van der Waals surface area contributed by atoms with E-state index in [0.29, 0.717) is 5.56 Å². The molecule has 3 aromatic rings. The van der Waals surface area contributed by atoms with E-state index in [1.807, 2.05) is 49.3 Å². The van der Waals surface area contributed by atoms with Crippen molar-refractivity contribution in [2.24, 2.45) is 0 Å². The smallest absolute Gasteiger partial charge is 0.253 e. The summed E-state index contributed by atoms with van der Waals surface area (Å²) >= 11 is 0. The normalized spacial score (nSPS) is 11.7. The molecule has 1 unspecified atom stereocenters. The van der Waals surface area contributed by atoms with Crippen LogP contribution in [0.25, 0.3) is 0 Å². The zero-order valence-electron chi connectivity index (χ0n) is 14.7. The van der Waals surface area contributed by atoms with E-state index in [4.69, 9.17) is 0 Å². The number of rotatable bonds is 5. The monoisotopic (exact) mass is 349 g/mol. The lowest BCUT2D eigenvalue weighted by atomic mass is 9.98. The van der Waals surface area contributed by atoms with E-state index < -0.39 is 0 Å². The Morgan fingerprint density at radius 1 is 0.962 bits per heavy atom. The Balaban J connectivity index is 1.88. The summed E-state index contributed by atoms with van der Waals surface area (Å²) in [5.74, 6) is 0.232. The second kappa shape index (κ2) is 7.78. The van der Waals surface area contributed by atoms with Gasteiger partial charge in [-0.25, -0.2) is 9.37 Å². The first-order valence-electron chi connectivity index (χ1n) is 8.29. The molecule has 0 aliphatic heterocycles.